The van der Waals surface area contributed by atoms with Gasteiger partial charge in [0.1, 0.15) is 0 Å². The van der Waals surface area contributed by atoms with Crippen LogP contribution in [0.5, 0.6) is 0 Å². The topological polar surface area (TPSA) is 43.4 Å². The van der Waals surface area contributed by atoms with Crippen molar-refractivity contribution in [2.75, 3.05) is 6.61 Å². The van der Waals surface area contributed by atoms with Crippen LogP contribution in [-0.2, 0) is 16.0 Å². The monoisotopic (exact) mass is 268 g/mol. The number of hydrogen-bond donors (Lipinski definition) is 0. The Kier molecular flexibility index (Phi) is 5.35. The van der Waals surface area contributed by atoms with Gasteiger partial charge in [-0.3, -0.25) is 9.59 Å². The van der Waals surface area contributed by atoms with Crippen LogP contribution in [0.1, 0.15) is 35.3 Å². The zero-order valence-electron chi connectivity index (χ0n) is 10.8. The molecule has 0 aromatic heterocycles. The van der Waals surface area contributed by atoms with E-state index in [1.165, 1.54) is 0 Å². The van der Waals surface area contributed by atoms with Crippen LogP contribution in [0.25, 0.3) is 0 Å². The third-order valence-corrected chi connectivity index (χ3v) is 2.86. The Balaban J connectivity index is 3.08. The van der Waals surface area contributed by atoms with Gasteiger partial charge in [-0.1, -0.05) is 18.2 Å². The van der Waals surface area contributed by atoms with Gasteiger partial charge in [0.25, 0.3) is 0 Å². The van der Waals surface area contributed by atoms with E-state index in [1.54, 1.807) is 26.0 Å². The van der Waals surface area contributed by atoms with Crippen LogP contribution in [0.2, 0.25) is 0 Å². The van der Waals surface area contributed by atoms with Crippen LogP contribution in [0.4, 0.5) is 0 Å². The van der Waals surface area contributed by atoms with Crippen molar-refractivity contribution in [3.05, 3.63) is 34.9 Å². The molecule has 0 radical (unpaired) electrons. The van der Waals surface area contributed by atoms with Crippen molar-refractivity contribution in [3.8, 4) is 0 Å². The fourth-order valence-electron chi connectivity index (χ4n) is 1.74. The van der Waals surface area contributed by atoms with Crippen LogP contribution < -0.4 is 0 Å². The van der Waals surface area contributed by atoms with E-state index < -0.39 is 5.38 Å². The number of hydrogen-bond acceptors (Lipinski definition) is 3. The lowest BCUT2D eigenvalue weighted by Crippen LogP contribution is -2.17. The third-order valence-electron chi connectivity index (χ3n) is 2.66. The first-order chi connectivity index (χ1) is 8.47. The Morgan fingerprint density at radius 3 is 2.61 bits per heavy atom. The van der Waals surface area contributed by atoms with Gasteiger partial charge in [0.2, 0.25) is 0 Å². The van der Waals surface area contributed by atoms with Crippen molar-refractivity contribution in [2.24, 2.45) is 0 Å². The second-order valence-electron chi connectivity index (χ2n) is 4.06. The van der Waals surface area contributed by atoms with Crippen molar-refractivity contribution in [2.45, 2.75) is 32.6 Å². The normalized spacial score (nSPS) is 12.0. The van der Waals surface area contributed by atoms with Gasteiger partial charge in [-0.2, -0.15) is 0 Å². The van der Waals surface area contributed by atoms with Gasteiger partial charge in [0, 0.05) is 5.56 Å². The molecule has 0 amide bonds. The molecule has 0 spiro atoms. The van der Waals surface area contributed by atoms with Gasteiger partial charge in [-0.25, -0.2) is 0 Å². The number of esters is 1. The van der Waals surface area contributed by atoms with Crippen LogP contribution >= 0.6 is 11.6 Å². The van der Waals surface area contributed by atoms with E-state index in [2.05, 4.69) is 0 Å². The van der Waals surface area contributed by atoms with Crippen LogP contribution in [0, 0.1) is 6.92 Å². The molecule has 0 saturated heterocycles. The van der Waals surface area contributed by atoms with Gasteiger partial charge in [-0.05, 0) is 31.9 Å². The summed E-state index contributed by atoms with van der Waals surface area (Å²) in [6, 6.07) is 5.35. The summed E-state index contributed by atoms with van der Waals surface area (Å²) in [5.41, 5.74) is 2.10. The number of carbonyl (C=O) groups is 2. The fraction of sp³-hybridized carbons (Fsp3) is 0.429. The quantitative estimate of drug-likeness (QED) is 0.468. The van der Waals surface area contributed by atoms with E-state index in [0.29, 0.717) is 17.7 Å². The second kappa shape index (κ2) is 6.55. The highest BCUT2D eigenvalue weighted by molar-refractivity contribution is 6.33. The zero-order chi connectivity index (χ0) is 13.7. The summed E-state index contributed by atoms with van der Waals surface area (Å²) in [6.07, 6.45) is 0.102. The maximum atomic E-state index is 12.0. The maximum absolute atomic E-state index is 12.0. The van der Waals surface area contributed by atoms with Gasteiger partial charge in [0.05, 0.1) is 18.4 Å². The predicted octanol–water partition coefficient (Wildman–Crippen LogP) is 2.91. The molecule has 0 saturated carbocycles. The molecule has 1 unspecified atom stereocenters. The highest BCUT2D eigenvalue weighted by Gasteiger charge is 2.19. The Hall–Kier alpha value is -1.35. The molecule has 0 bridgehead atoms. The summed E-state index contributed by atoms with van der Waals surface area (Å²) in [5, 5.41) is -0.604. The van der Waals surface area contributed by atoms with Crippen LogP contribution in [-0.4, -0.2) is 23.7 Å². The first kappa shape index (κ1) is 14.7. The SMILES string of the molecule is CCOC(=O)Cc1c(C)cccc1C(=O)C(C)Cl. The molecule has 0 aliphatic rings. The molecule has 0 aliphatic heterocycles. The van der Waals surface area contributed by atoms with Crippen molar-refractivity contribution in [1.82, 2.24) is 0 Å². The number of rotatable bonds is 5. The third kappa shape index (κ3) is 3.57. The van der Waals surface area contributed by atoms with Gasteiger partial charge >= 0.3 is 5.97 Å². The molecule has 3 nitrogen and oxygen atoms in total. The molecular formula is C14H17ClO3. The van der Waals surface area contributed by atoms with Gasteiger partial charge < -0.3 is 4.74 Å². The lowest BCUT2D eigenvalue weighted by atomic mass is 9.95. The van der Waals surface area contributed by atoms with E-state index in [9.17, 15) is 9.59 Å². The first-order valence-electron chi connectivity index (χ1n) is 5.89. The van der Waals surface area contributed by atoms with E-state index in [1.807, 2.05) is 13.0 Å². The van der Waals surface area contributed by atoms with E-state index in [-0.39, 0.29) is 18.2 Å². The highest BCUT2D eigenvalue weighted by Crippen LogP contribution is 2.19. The molecule has 1 atom stereocenters. The maximum Gasteiger partial charge on any atom is 0.310 e. The first-order valence-corrected chi connectivity index (χ1v) is 6.33. The van der Waals surface area contributed by atoms with Crippen molar-refractivity contribution < 1.29 is 14.3 Å². The summed E-state index contributed by atoms with van der Waals surface area (Å²) in [6.45, 7) is 5.58. The molecule has 18 heavy (non-hydrogen) atoms. The lowest BCUT2D eigenvalue weighted by Gasteiger charge is -2.12. The van der Waals surface area contributed by atoms with Gasteiger partial charge in [-0.15, -0.1) is 11.6 Å². The molecule has 1 rings (SSSR count). The van der Waals surface area contributed by atoms with Crippen molar-refractivity contribution in [3.63, 3.8) is 0 Å². The molecule has 0 aliphatic carbocycles. The standard InChI is InChI=1S/C14H17ClO3/c1-4-18-13(16)8-12-9(2)6-5-7-11(12)14(17)10(3)15/h5-7,10H,4,8H2,1-3H3. The number of halogens is 1. The largest absolute Gasteiger partial charge is 0.466 e. The number of alkyl halides is 1. The summed E-state index contributed by atoms with van der Waals surface area (Å²) >= 11 is 5.82. The number of carbonyl (C=O) groups excluding carboxylic acids is 2. The second-order valence-corrected chi connectivity index (χ2v) is 4.72. The number of ketones is 1. The molecule has 1 aromatic rings. The average molecular weight is 269 g/mol. The van der Waals surface area contributed by atoms with Crippen molar-refractivity contribution in [1.29, 1.82) is 0 Å². The molecule has 1 aromatic carbocycles. The summed E-state index contributed by atoms with van der Waals surface area (Å²) < 4.78 is 4.91. The summed E-state index contributed by atoms with van der Waals surface area (Å²) in [5.74, 6) is -0.497. The number of ether oxygens (including phenoxy) is 1. The van der Waals surface area contributed by atoms with E-state index in [4.69, 9.17) is 16.3 Å². The smallest absolute Gasteiger partial charge is 0.310 e. The minimum absolute atomic E-state index is 0.102. The molecule has 98 valence electrons. The number of aryl methyl sites for hydroxylation is 1. The molecule has 0 fully saturated rings. The van der Waals surface area contributed by atoms with Crippen molar-refractivity contribution >= 4 is 23.4 Å². The fourth-order valence-corrected chi connectivity index (χ4v) is 1.86. The number of benzene rings is 1. The van der Waals surface area contributed by atoms with E-state index in [0.717, 1.165) is 5.56 Å². The van der Waals surface area contributed by atoms with Gasteiger partial charge in [0.15, 0.2) is 5.78 Å². The molecule has 0 heterocycles. The lowest BCUT2D eigenvalue weighted by molar-refractivity contribution is -0.142. The summed E-state index contributed by atoms with van der Waals surface area (Å²) in [4.78, 5) is 23.5. The Morgan fingerprint density at radius 2 is 2.06 bits per heavy atom. The van der Waals surface area contributed by atoms with Crippen LogP contribution in [0.3, 0.4) is 0 Å². The summed E-state index contributed by atoms with van der Waals surface area (Å²) in [7, 11) is 0. The van der Waals surface area contributed by atoms with Crippen LogP contribution in [0.15, 0.2) is 18.2 Å². The average Bonchev–Trinajstić information content (AvgIpc) is 2.31. The molecule has 0 N–H and O–H groups in total. The minimum Gasteiger partial charge on any atom is -0.466 e. The Morgan fingerprint density at radius 1 is 1.39 bits per heavy atom. The predicted molar refractivity (Wildman–Crippen MR) is 71.2 cm³/mol. The molecular weight excluding hydrogens is 252 g/mol. The minimum atomic E-state index is -0.604. The Bertz CT molecular complexity index is 452. The zero-order valence-corrected chi connectivity index (χ0v) is 11.6. The Labute approximate surface area is 112 Å². The van der Waals surface area contributed by atoms with E-state index >= 15 is 0 Å². The number of Topliss-reactive ketones (excluding diaryl/α,β-unsaturated/α-hetero) is 1. The highest BCUT2D eigenvalue weighted by atomic mass is 35.5. The molecule has 4 heteroatoms.